The molecule has 0 aromatic carbocycles. The Kier molecular flexibility index (Phi) is 4.60. The molecule has 0 spiro atoms. The van der Waals surface area contributed by atoms with E-state index in [1.165, 1.54) is 0 Å². The first-order chi connectivity index (χ1) is 7.06. The Bertz CT molecular complexity index is 223. The second-order valence-corrected chi connectivity index (χ2v) is 4.20. The standard InChI is InChI=1S/C10H20BNO3/c1-5-6-7-11-14-8(2)9(15-11)10(13)12(3)4/h8-9H,5-7H2,1-4H3/t8-,9+/m1/s1. The summed E-state index contributed by atoms with van der Waals surface area (Å²) in [5, 5.41) is 0. The van der Waals surface area contributed by atoms with E-state index in [0.29, 0.717) is 0 Å². The summed E-state index contributed by atoms with van der Waals surface area (Å²) < 4.78 is 11.2. The molecule has 0 bridgehead atoms. The van der Waals surface area contributed by atoms with Crippen molar-refractivity contribution in [3.05, 3.63) is 0 Å². The predicted octanol–water partition coefficient (Wildman–Crippen LogP) is 1.17. The van der Waals surface area contributed by atoms with Crippen LogP contribution in [0, 0.1) is 0 Å². The Balaban J connectivity index is 2.45. The predicted molar refractivity (Wildman–Crippen MR) is 59.6 cm³/mol. The molecule has 1 aliphatic heterocycles. The number of amides is 1. The van der Waals surface area contributed by atoms with E-state index >= 15 is 0 Å². The highest BCUT2D eigenvalue weighted by Crippen LogP contribution is 2.21. The molecule has 1 heterocycles. The maximum absolute atomic E-state index is 11.7. The van der Waals surface area contributed by atoms with Crippen molar-refractivity contribution in [1.29, 1.82) is 0 Å². The summed E-state index contributed by atoms with van der Waals surface area (Å²) in [6.07, 6.45) is 2.49. The van der Waals surface area contributed by atoms with E-state index in [1.807, 2.05) is 6.92 Å². The van der Waals surface area contributed by atoms with Crippen molar-refractivity contribution in [2.45, 2.75) is 45.2 Å². The molecule has 1 aliphatic rings. The fourth-order valence-electron chi connectivity index (χ4n) is 1.64. The van der Waals surface area contributed by atoms with E-state index in [2.05, 4.69) is 6.92 Å². The quantitative estimate of drug-likeness (QED) is 0.658. The second-order valence-electron chi connectivity index (χ2n) is 4.20. The molecule has 5 heteroatoms. The monoisotopic (exact) mass is 213 g/mol. The summed E-state index contributed by atoms with van der Waals surface area (Å²) in [5.74, 6) is -0.0125. The smallest absolute Gasteiger partial charge is 0.405 e. The van der Waals surface area contributed by atoms with Gasteiger partial charge in [-0.1, -0.05) is 19.8 Å². The molecule has 86 valence electrons. The Hall–Kier alpha value is -0.545. The van der Waals surface area contributed by atoms with Crippen LogP contribution in [0.1, 0.15) is 26.7 Å². The third-order valence-corrected chi connectivity index (χ3v) is 2.57. The molecule has 1 amide bonds. The van der Waals surface area contributed by atoms with Crippen LogP contribution in [0.4, 0.5) is 0 Å². The Labute approximate surface area is 92.1 Å². The summed E-state index contributed by atoms with van der Waals surface area (Å²) in [6, 6.07) is 0. The van der Waals surface area contributed by atoms with Crippen LogP contribution in [0.15, 0.2) is 0 Å². The van der Waals surface area contributed by atoms with Gasteiger partial charge in [-0.25, -0.2) is 0 Å². The first kappa shape index (κ1) is 12.5. The van der Waals surface area contributed by atoms with Gasteiger partial charge < -0.3 is 14.2 Å². The zero-order valence-corrected chi connectivity index (χ0v) is 10.0. The topological polar surface area (TPSA) is 38.8 Å². The summed E-state index contributed by atoms with van der Waals surface area (Å²) in [5.41, 5.74) is 0. The molecule has 0 unspecified atom stereocenters. The lowest BCUT2D eigenvalue weighted by molar-refractivity contribution is -0.136. The molecular weight excluding hydrogens is 193 g/mol. The van der Waals surface area contributed by atoms with Crippen LogP contribution in [-0.2, 0) is 14.1 Å². The van der Waals surface area contributed by atoms with Crippen LogP contribution in [0.5, 0.6) is 0 Å². The van der Waals surface area contributed by atoms with Gasteiger partial charge in [0.1, 0.15) is 6.10 Å². The zero-order valence-electron chi connectivity index (χ0n) is 10.0. The molecular formula is C10H20BNO3. The highest BCUT2D eigenvalue weighted by Gasteiger charge is 2.41. The molecule has 1 fully saturated rings. The van der Waals surface area contributed by atoms with Crippen molar-refractivity contribution in [2.75, 3.05) is 14.1 Å². The SMILES string of the molecule is CCCCB1O[C@H](C(=O)N(C)C)[C@@H](C)O1. The van der Waals surface area contributed by atoms with Gasteiger partial charge in [0, 0.05) is 14.1 Å². The maximum Gasteiger partial charge on any atom is 0.457 e. The van der Waals surface area contributed by atoms with Crippen LogP contribution in [0.2, 0.25) is 6.32 Å². The highest BCUT2D eigenvalue weighted by molar-refractivity contribution is 6.45. The fourth-order valence-corrected chi connectivity index (χ4v) is 1.64. The molecule has 0 aromatic heterocycles. The van der Waals surface area contributed by atoms with Gasteiger partial charge in [-0.3, -0.25) is 4.79 Å². The number of nitrogens with zero attached hydrogens (tertiary/aromatic N) is 1. The van der Waals surface area contributed by atoms with Gasteiger partial charge >= 0.3 is 7.12 Å². The largest absolute Gasteiger partial charge is 0.457 e. The van der Waals surface area contributed by atoms with Crippen molar-refractivity contribution < 1.29 is 14.1 Å². The number of hydrogen-bond donors (Lipinski definition) is 0. The van der Waals surface area contributed by atoms with Gasteiger partial charge in [0.2, 0.25) is 0 Å². The molecule has 15 heavy (non-hydrogen) atoms. The first-order valence-corrected chi connectivity index (χ1v) is 5.58. The van der Waals surface area contributed by atoms with Crippen LogP contribution in [-0.4, -0.2) is 44.2 Å². The van der Waals surface area contributed by atoms with E-state index < -0.39 is 6.10 Å². The first-order valence-electron chi connectivity index (χ1n) is 5.58. The van der Waals surface area contributed by atoms with Crippen LogP contribution >= 0.6 is 0 Å². The summed E-state index contributed by atoms with van der Waals surface area (Å²) >= 11 is 0. The van der Waals surface area contributed by atoms with Gasteiger partial charge in [0.15, 0.2) is 0 Å². The third-order valence-electron chi connectivity index (χ3n) is 2.57. The maximum atomic E-state index is 11.7. The number of likely N-dealkylation sites (N-methyl/N-ethyl adjacent to an activating group) is 1. The van der Waals surface area contributed by atoms with E-state index in [1.54, 1.807) is 19.0 Å². The molecule has 1 rings (SSSR count). The minimum Gasteiger partial charge on any atom is -0.405 e. The van der Waals surface area contributed by atoms with Crippen LogP contribution in [0.25, 0.3) is 0 Å². The van der Waals surface area contributed by atoms with E-state index in [9.17, 15) is 4.79 Å². The molecule has 0 aliphatic carbocycles. The third kappa shape index (κ3) is 3.21. The van der Waals surface area contributed by atoms with Crippen LogP contribution in [0.3, 0.4) is 0 Å². The number of hydrogen-bond acceptors (Lipinski definition) is 3. The molecule has 0 radical (unpaired) electrons. The molecule has 1 saturated heterocycles. The molecule has 4 nitrogen and oxygen atoms in total. The fraction of sp³-hybridized carbons (Fsp3) is 0.900. The minimum atomic E-state index is -0.429. The van der Waals surface area contributed by atoms with Crippen molar-refractivity contribution in [3.8, 4) is 0 Å². The zero-order chi connectivity index (χ0) is 11.4. The number of carbonyl (C=O) groups excluding carboxylic acids is 1. The minimum absolute atomic E-state index is 0.0125. The average molecular weight is 213 g/mol. The van der Waals surface area contributed by atoms with E-state index in [0.717, 1.165) is 19.2 Å². The Morgan fingerprint density at radius 3 is 2.60 bits per heavy atom. The number of carbonyl (C=O) groups is 1. The van der Waals surface area contributed by atoms with E-state index in [-0.39, 0.29) is 19.1 Å². The lowest BCUT2D eigenvalue weighted by atomic mass is 9.83. The summed E-state index contributed by atoms with van der Waals surface area (Å²) in [4.78, 5) is 13.2. The van der Waals surface area contributed by atoms with Crippen LogP contribution < -0.4 is 0 Å². The lowest BCUT2D eigenvalue weighted by Crippen LogP contribution is -2.38. The molecule has 0 saturated carbocycles. The Morgan fingerprint density at radius 1 is 1.40 bits per heavy atom. The molecule has 0 aromatic rings. The van der Waals surface area contributed by atoms with Gasteiger partial charge in [0.25, 0.3) is 5.91 Å². The van der Waals surface area contributed by atoms with E-state index in [4.69, 9.17) is 9.31 Å². The van der Waals surface area contributed by atoms with Crippen molar-refractivity contribution in [2.24, 2.45) is 0 Å². The lowest BCUT2D eigenvalue weighted by Gasteiger charge is -2.18. The summed E-state index contributed by atoms with van der Waals surface area (Å²) in [6.45, 7) is 4.01. The second kappa shape index (κ2) is 5.51. The number of unbranched alkanes of at least 4 members (excludes halogenated alkanes) is 1. The van der Waals surface area contributed by atoms with Gasteiger partial charge in [-0.05, 0) is 13.2 Å². The number of rotatable bonds is 4. The highest BCUT2D eigenvalue weighted by atomic mass is 16.7. The van der Waals surface area contributed by atoms with Crippen molar-refractivity contribution >= 4 is 13.0 Å². The molecule has 0 N–H and O–H groups in total. The van der Waals surface area contributed by atoms with Crippen molar-refractivity contribution in [1.82, 2.24) is 4.90 Å². The average Bonchev–Trinajstić information content (AvgIpc) is 2.55. The normalized spacial score (nSPS) is 25.7. The Morgan fingerprint density at radius 2 is 2.07 bits per heavy atom. The van der Waals surface area contributed by atoms with Gasteiger partial charge in [-0.15, -0.1) is 0 Å². The van der Waals surface area contributed by atoms with Crippen molar-refractivity contribution in [3.63, 3.8) is 0 Å². The van der Waals surface area contributed by atoms with Gasteiger partial charge in [0.05, 0.1) is 6.10 Å². The van der Waals surface area contributed by atoms with Gasteiger partial charge in [-0.2, -0.15) is 0 Å². The summed E-state index contributed by atoms with van der Waals surface area (Å²) in [7, 11) is 3.27. The molecule has 2 atom stereocenters.